The fourth-order valence-electron chi connectivity index (χ4n) is 2.00. The van der Waals surface area contributed by atoms with Gasteiger partial charge in [0.05, 0.1) is 12.8 Å². The van der Waals surface area contributed by atoms with Gasteiger partial charge >= 0.3 is 0 Å². The lowest BCUT2D eigenvalue weighted by Crippen LogP contribution is -2.11. The lowest BCUT2D eigenvalue weighted by molar-refractivity contribution is 0.102. The summed E-state index contributed by atoms with van der Waals surface area (Å²) in [6.07, 6.45) is 0. The minimum absolute atomic E-state index is 0.243. The molecule has 0 aliphatic heterocycles. The maximum absolute atomic E-state index is 12.9. The number of halogens is 1. The Morgan fingerprint density at radius 1 is 1.13 bits per heavy atom. The van der Waals surface area contributed by atoms with Crippen molar-refractivity contribution in [2.75, 3.05) is 12.4 Å². The molecule has 0 spiro atoms. The molecule has 1 N–H and O–H groups in total. The third-order valence-electron chi connectivity index (χ3n) is 3.22. The summed E-state index contributed by atoms with van der Waals surface area (Å²) in [7, 11) is 1.57. The Balaban J connectivity index is 1.73. The maximum Gasteiger partial charge on any atom is 0.257 e. The van der Waals surface area contributed by atoms with Crippen molar-refractivity contribution >= 4 is 22.4 Å². The summed E-state index contributed by atoms with van der Waals surface area (Å²) < 4.78 is 18.0. The second-order valence-corrected chi connectivity index (χ2v) is 5.59. The molecule has 1 amide bonds. The predicted octanol–water partition coefficient (Wildman–Crippen LogP) is 4.21. The highest BCUT2D eigenvalue weighted by Gasteiger charge is 2.10. The highest BCUT2D eigenvalue weighted by atomic mass is 32.1. The topological polar surface area (TPSA) is 51.2 Å². The zero-order valence-corrected chi connectivity index (χ0v) is 13.1. The van der Waals surface area contributed by atoms with E-state index in [9.17, 15) is 9.18 Å². The van der Waals surface area contributed by atoms with Crippen LogP contribution in [0.15, 0.2) is 53.9 Å². The summed E-state index contributed by atoms with van der Waals surface area (Å²) in [4.78, 5) is 16.5. The van der Waals surface area contributed by atoms with Gasteiger partial charge < -0.3 is 4.74 Å². The van der Waals surface area contributed by atoms with Crippen molar-refractivity contribution in [1.29, 1.82) is 0 Å². The number of aromatic nitrogens is 1. The molecule has 0 aliphatic carbocycles. The van der Waals surface area contributed by atoms with E-state index in [1.165, 1.54) is 23.5 Å². The van der Waals surface area contributed by atoms with E-state index < -0.39 is 0 Å². The molecule has 116 valence electrons. The van der Waals surface area contributed by atoms with Crippen LogP contribution in [0.5, 0.6) is 5.75 Å². The van der Waals surface area contributed by atoms with E-state index in [1.54, 1.807) is 43.5 Å². The number of amides is 1. The minimum atomic E-state index is -0.294. The fourth-order valence-corrected chi connectivity index (χ4v) is 2.71. The molecule has 4 nitrogen and oxygen atoms in total. The van der Waals surface area contributed by atoms with Crippen molar-refractivity contribution in [2.45, 2.75) is 0 Å². The molecular weight excluding hydrogens is 315 g/mol. The highest BCUT2D eigenvalue weighted by Crippen LogP contribution is 2.25. The van der Waals surface area contributed by atoms with Gasteiger partial charge in [-0.05, 0) is 48.5 Å². The molecule has 2 aromatic carbocycles. The number of ether oxygens (including phenoxy) is 1. The minimum Gasteiger partial charge on any atom is -0.497 e. The number of carbonyl (C=O) groups excluding carboxylic acids is 1. The molecule has 0 atom stereocenters. The summed E-state index contributed by atoms with van der Waals surface area (Å²) >= 11 is 1.32. The first-order valence-electron chi connectivity index (χ1n) is 6.82. The van der Waals surface area contributed by atoms with Crippen LogP contribution in [0.25, 0.3) is 11.3 Å². The van der Waals surface area contributed by atoms with Crippen LogP contribution in [0.4, 0.5) is 9.52 Å². The Labute approximate surface area is 136 Å². The smallest absolute Gasteiger partial charge is 0.257 e. The van der Waals surface area contributed by atoms with E-state index in [-0.39, 0.29) is 11.7 Å². The van der Waals surface area contributed by atoms with Crippen LogP contribution < -0.4 is 10.1 Å². The zero-order valence-electron chi connectivity index (χ0n) is 12.2. The first-order valence-corrected chi connectivity index (χ1v) is 7.70. The largest absolute Gasteiger partial charge is 0.497 e. The van der Waals surface area contributed by atoms with Crippen molar-refractivity contribution in [3.8, 4) is 17.0 Å². The van der Waals surface area contributed by atoms with Gasteiger partial charge in [0, 0.05) is 16.5 Å². The molecule has 0 aliphatic rings. The molecule has 0 saturated heterocycles. The van der Waals surface area contributed by atoms with E-state index in [2.05, 4.69) is 10.3 Å². The monoisotopic (exact) mass is 328 g/mol. The van der Waals surface area contributed by atoms with E-state index in [0.29, 0.717) is 22.1 Å². The van der Waals surface area contributed by atoms with E-state index >= 15 is 0 Å². The van der Waals surface area contributed by atoms with Crippen molar-refractivity contribution in [2.24, 2.45) is 0 Å². The third kappa shape index (κ3) is 3.54. The first kappa shape index (κ1) is 15.2. The SMILES string of the molecule is COc1ccc(C(=O)Nc2nc(-c3ccc(F)cc3)cs2)cc1. The molecular formula is C17H13FN2O2S. The van der Waals surface area contributed by atoms with Gasteiger partial charge in [0.2, 0.25) is 0 Å². The standard InChI is InChI=1S/C17H13FN2O2S/c1-22-14-8-4-12(5-9-14)16(21)20-17-19-15(10-23-17)11-2-6-13(18)7-3-11/h2-10H,1H3,(H,19,20,21). The van der Waals surface area contributed by atoms with Gasteiger partial charge in [0.15, 0.2) is 5.13 Å². The molecule has 0 fully saturated rings. The highest BCUT2D eigenvalue weighted by molar-refractivity contribution is 7.14. The Morgan fingerprint density at radius 2 is 1.83 bits per heavy atom. The fraction of sp³-hybridized carbons (Fsp3) is 0.0588. The Bertz CT molecular complexity index is 813. The Hall–Kier alpha value is -2.73. The van der Waals surface area contributed by atoms with Crippen molar-refractivity contribution in [3.63, 3.8) is 0 Å². The average Bonchev–Trinajstić information content (AvgIpc) is 3.04. The summed E-state index contributed by atoms with van der Waals surface area (Å²) in [6.45, 7) is 0. The zero-order chi connectivity index (χ0) is 16.2. The van der Waals surface area contributed by atoms with Crippen LogP contribution in [-0.2, 0) is 0 Å². The number of benzene rings is 2. The lowest BCUT2D eigenvalue weighted by Gasteiger charge is -2.03. The predicted molar refractivity (Wildman–Crippen MR) is 88.5 cm³/mol. The molecule has 0 saturated carbocycles. The quantitative estimate of drug-likeness (QED) is 0.780. The Morgan fingerprint density at radius 3 is 2.48 bits per heavy atom. The van der Waals surface area contributed by atoms with Gasteiger partial charge in [-0.3, -0.25) is 10.1 Å². The second-order valence-electron chi connectivity index (χ2n) is 4.73. The third-order valence-corrected chi connectivity index (χ3v) is 3.97. The molecule has 1 aromatic heterocycles. The van der Waals surface area contributed by atoms with Gasteiger partial charge in [-0.15, -0.1) is 11.3 Å². The van der Waals surface area contributed by atoms with E-state index in [1.807, 2.05) is 5.38 Å². The number of nitrogens with zero attached hydrogens (tertiary/aromatic N) is 1. The molecule has 0 radical (unpaired) electrons. The molecule has 1 heterocycles. The van der Waals surface area contributed by atoms with Crippen LogP contribution in [0.2, 0.25) is 0 Å². The van der Waals surface area contributed by atoms with Crippen LogP contribution in [0.1, 0.15) is 10.4 Å². The summed E-state index contributed by atoms with van der Waals surface area (Å²) in [5, 5.41) is 5.06. The molecule has 3 aromatic rings. The van der Waals surface area contributed by atoms with Crippen LogP contribution >= 0.6 is 11.3 Å². The van der Waals surface area contributed by atoms with Crippen molar-refractivity contribution in [3.05, 3.63) is 65.3 Å². The molecule has 6 heteroatoms. The number of carbonyl (C=O) groups is 1. The lowest BCUT2D eigenvalue weighted by atomic mass is 10.2. The Kier molecular flexibility index (Phi) is 4.34. The number of hydrogen-bond acceptors (Lipinski definition) is 4. The van der Waals surface area contributed by atoms with Crippen molar-refractivity contribution in [1.82, 2.24) is 4.98 Å². The van der Waals surface area contributed by atoms with Crippen LogP contribution in [-0.4, -0.2) is 18.0 Å². The normalized spacial score (nSPS) is 10.3. The van der Waals surface area contributed by atoms with Crippen LogP contribution in [0.3, 0.4) is 0 Å². The number of hydrogen-bond donors (Lipinski definition) is 1. The molecule has 3 rings (SSSR count). The number of rotatable bonds is 4. The molecule has 0 bridgehead atoms. The molecule has 0 unspecified atom stereocenters. The van der Waals surface area contributed by atoms with E-state index in [0.717, 1.165) is 5.56 Å². The van der Waals surface area contributed by atoms with Crippen LogP contribution in [0, 0.1) is 5.82 Å². The summed E-state index contributed by atoms with van der Waals surface area (Å²) in [5.74, 6) is 0.152. The van der Waals surface area contributed by atoms with Gasteiger partial charge in [-0.25, -0.2) is 9.37 Å². The number of methoxy groups -OCH3 is 1. The van der Waals surface area contributed by atoms with E-state index in [4.69, 9.17) is 4.74 Å². The van der Waals surface area contributed by atoms with Gasteiger partial charge in [-0.1, -0.05) is 0 Å². The maximum atomic E-state index is 12.9. The summed E-state index contributed by atoms with van der Waals surface area (Å²) in [6, 6.07) is 12.9. The number of anilines is 1. The van der Waals surface area contributed by atoms with Crippen molar-refractivity contribution < 1.29 is 13.9 Å². The number of nitrogens with one attached hydrogen (secondary N) is 1. The van der Waals surface area contributed by atoms with Gasteiger partial charge in [0.1, 0.15) is 11.6 Å². The number of thiazole rings is 1. The first-order chi connectivity index (χ1) is 11.2. The van der Waals surface area contributed by atoms with Gasteiger partial charge in [0.25, 0.3) is 5.91 Å². The summed E-state index contributed by atoms with van der Waals surface area (Å²) in [5.41, 5.74) is 2.01. The molecule has 23 heavy (non-hydrogen) atoms. The average molecular weight is 328 g/mol. The second kappa shape index (κ2) is 6.58. The van der Waals surface area contributed by atoms with Gasteiger partial charge in [-0.2, -0.15) is 0 Å².